The molecular formula is C14H21FN2O2S. The van der Waals surface area contributed by atoms with E-state index >= 15 is 0 Å². The molecule has 0 aliphatic heterocycles. The number of sulfonamides is 1. The summed E-state index contributed by atoms with van der Waals surface area (Å²) in [5, 5.41) is 0. The van der Waals surface area contributed by atoms with Crippen LogP contribution in [0.4, 0.5) is 4.39 Å². The molecule has 4 nitrogen and oxygen atoms in total. The van der Waals surface area contributed by atoms with Gasteiger partial charge in [-0.3, -0.25) is 0 Å². The summed E-state index contributed by atoms with van der Waals surface area (Å²) in [6, 6.07) is 3.57. The van der Waals surface area contributed by atoms with Gasteiger partial charge in [-0.05, 0) is 49.4 Å². The largest absolute Gasteiger partial charge is 0.329 e. The fraction of sp³-hybridized carbons (Fsp3) is 0.571. The predicted molar refractivity (Wildman–Crippen MR) is 76.3 cm³/mol. The summed E-state index contributed by atoms with van der Waals surface area (Å²) < 4.78 is 40.6. The third-order valence-electron chi connectivity index (χ3n) is 3.97. The van der Waals surface area contributed by atoms with Crippen molar-refractivity contribution in [3.63, 3.8) is 0 Å². The Labute approximate surface area is 119 Å². The second-order valence-electron chi connectivity index (χ2n) is 5.42. The van der Waals surface area contributed by atoms with E-state index in [1.807, 2.05) is 0 Å². The Bertz CT molecular complexity index is 569. The van der Waals surface area contributed by atoms with Gasteiger partial charge in [-0.1, -0.05) is 12.8 Å². The molecule has 1 saturated carbocycles. The number of aryl methyl sites for hydroxylation is 1. The van der Waals surface area contributed by atoms with Gasteiger partial charge in [0.15, 0.2) is 0 Å². The number of nitrogens with two attached hydrogens (primary N) is 1. The summed E-state index contributed by atoms with van der Waals surface area (Å²) in [5.74, 6) is -0.105. The Morgan fingerprint density at radius 2 is 2.05 bits per heavy atom. The fourth-order valence-electron chi connectivity index (χ4n) is 2.75. The summed E-state index contributed by atoms with van der Waals surface area (Å²) in [6.45, 7) is 1.83. The molecular weight excluding hydrogens is 279 g/mol. The Kier molecular flexibility index (Phi) is 4.78. The van der Waals surface area contributed by atoms with Crippen molar-refractivity contribution in [3.05, 3.63) is 29.6 Å². The van der Waals surface area contributed by atoms with Gasteiger partial charge in [0.2, 0.25) is 10.0 Å². The minimum absolute atomic E-state index is 0.0906. The summed E-state index contributed by atoms with van der Waals surface area (Å²) >= 11 is 0. The smallest absolute Gasteiger partial charge is 0.240 e. The zero-order valence-electron chi connectivity index (χ0n) is 11.6. The van der Waals surface area contributed by atoms with Gasteiger partial charge in [0.05, 0.1) is 4.90 Å². The molecule has 1 unspecified atom stereocenters. The van der Waals surface area contributed by atoms with Crippen molar-refractivity contribution in [1.82, 2.24) is 4.72 Å². The molecule has 0 amide bonds. The van der Waals surface area contributed by atoms with Crippen molar-refractivity contribution in [2.75, 3.05) is 6.54 Å². The summed E-state index contributed by atoms with van der Waals surface area (Å²) in [5.41, 5.74) is 6.02. The highest BCUT2D eigenvalue weighted by Gasteiger charge is 2.28. The van der Waals surface area contributed by atoms with Crippen molar-refractivity contribution < 1.29 is 12.8 Å². The lowest BCUT2D eigenvalue weighted by Gasteiger charge is -2.23. The predicted octanol–water partition coefficient (Wildman–Crippen LogP) is 1.93. The van der Waals surface area contributed by atoms with Crippen LogP contribution in [0.1, 0.15) is 31.2 Å². The first-order valence-electron chi connectivity index (χ1n) is 6.92. The molecule has 0 spiro atoms. The molecule has 1 aliphatic rings. The third-order valence-corrected chi connectivity index (χ3v) is 5.46. The molecule has 1 atom stereocenters. The molecule has 20 heavy (non-hydrogen) atoms. The highest BCUT2D eigenvalue weighted by atomic mass is 32.2. The lowest BCUT2D eigenvalue weighted by molar-refractivity contribution is 0.405. The van der Waals surface area contributed by atoms with Crippen LogP contribution in [0.2, 0.25) is 0 Å². The van der Waals surface area contributed by atoms with E-state index in [0.717, 1.165) is 25.7 Å². The van der Waals surface area contributed by atoms with Crippen molar-refractivity contribution in [2.24, 2.45) is 11.7 Å². The van der Waals surface area contributed by atoms with Crippen LogP contribution in [0.5, 0.6) is 0 Å². The molecule has 1 aliphatic carbocycles. The van der Waals surface area contributed by atoms with E-state index in [1.54, 1.807) is 6.92 Å². The Balaban J connectivity index is 2.18. The maximum absolute atomic E-state index is 13.2. The third kappa shape index (κ3) is 3.37. The number of hydrogen-bond acceptors (Lipinski definition) is 3. The van der Waals surface area contributed by atoms with Gasteiger partial charge in [-0.15, -0.1) is 0 Å². The lowest BCUT2D eigenvalue weighted by atomic mass is 9.99. The minimum atomic E-state index is -3.64. The average molecular weight is 300 g/mol. The molecule has 2 rings (SSSR count). The molecule has 1 aromatic rings. The molecule has 0 aromatic heterocycles. The van der Waals surface area contributed by atoms with Crippen molar-refractivity contribution in [3.8, 4) is 0 Å². The normalized spacial score (nSPS) is 18.4. The van der Waals surface area contributed by atoms with Crippen LogP contribution in [0.25, 0.3) is 0 Å². The first kappa shape index (κ1) is 15.4. The first-order valence-corrected chi connectivity index (χ1v) is 8.41. The van der Waals surface area contributed by atoms with E-state index in [0.29, 0.717) is 11.5 Å². The van der Waals surface area contributed by atoms with Crippen LogP contribution in [0.15, 0.2) is 23.1 Å². The fourth-order valence-corrected chi connectivity index (χ4v) is 4.15. The van der Waals surface area contributed by atoms with Crippen LogP contribution in [-0.2, 0) is 10.0 Å². The van der Waals surface area contributed by atoms with Gasteiger partial charge in [0.1, 0.15) is 5.82 Å². The van der Waals surface area contributed by atoms with E-state index in [4.69, 9.17) is 5.73 Å². The van der Waals surface area contributed by atoms with Gasteiger partial charge in [0.25, 0.3) is 0 Å². The number of hydrogen-bond donors (Lipinski definition) is 2. The van der Waals surface area contributed by atoms with Crippen LogP contribution in [0, 0.1) is 18.7 Å². The Morgan fingerprint density at radius 3 is 2.60 bits per heavy atom. The Morgan fingerprint density at radius 1 is 1.40 bits per heavy atom. The molecule has 3 N–H and O–H groups in total. The second-order valence-corrected chi connectivity index (χ2v) is 7.13. The van der Waals surface area contributed by atoms with E-state index in [-0.39, 0.29) is 17.5 Å². The molecule has 1 aromatic carbocycles. The SMILES string of the molecule is Cc1cc(S(=O)(=O)NC(CN)C2CCCC2)ccc1F. The zero-order chi connectivity index (χ0) is 14.8. The maximum atomic E-state index is 13.2. The lowest BCUT2D eigenvalue weighted by Crippen LogP contribution is -2.44. The molecule has 112 valence electrons. The van der Waals surface area contributed by atoms with Gasteiger partial charge in [0, 0.05) is 12.6 Å². The van der Waals surface area contributed by atoms with Crippen LogP contribution >= 0.6 is 0 Å². The number of benzene rings is 1. The van der Waals surface area contributed by atoms with Gasteiger partial charge in [-0.25, -0.2) is 17.5 Å². The summed E-state index contributed by atoms with van der Waals surface area (Å²) in [4.78, 5) is 0.0906. The highest BCUT2D eigenvalue weighted by Crippen LogP contribution is 2.28. The van der Waals surface area contributed by atoms with E-state index in [9.17, 15) is 12.8 Å². The average Bonchev–Trinajstić information content (AvgIpc) is 2.93. The van der Waals surface area contributed by atoms with E-state index < -0.39 is 15.8 Å². The highest BCUT2D eigenvalue weighted by molar-refractivity contribution is 7.89. The molecule has 0 saturated heterocycles. The topological polar surface area (TPSA) is 72.2 Å². The van der Waals surface area contributed by atoms with E-state index in [1.165, 1.54) is 18.2 Å². The summed E-state index contributed by atoms with van der Waals surface area (Å²) in [7, 11) is -3.64. The molecule has 0 radical (unpaired) electrons. The van der Waals surface area contributed by atoms with Gasteiger partial charge in [-0.2, -0.15) is 0 Å². The quantitative estimate of drug-likeness (QED) is 0.873. The van der Waals surface area contributed by atoms with Gasteiger partial charge < -0.3 is 5.73 Å². The van der Waals surface area contributed by atoms with E-state index in [2.05, 4.69) is 4.72 Å². The maximum Gasteiger partial charge on any atom is 0.240 e. The Hall–Kier alpha value is -0.980. The first-order chi connectivity index (χ1) is 9.44. The molecule has 0 bridgehead atoms. The monoisotopic (exact) mass is 300 g/mol. The molecule has 0 heterocycles. The van der Waals surface area contributed by atoms with Gasteiger partial charge >= 0.3 is 0 Å². The second kappa shape index (κ2) is 6.20. The number of rotatable bonds is 5. The molecule has 6 heteroatoms. The van der Waals surface area contributed by atoms with Crippen molar-refractivity contribution >= 4 is 10.0 Å². The van der Waals surface area contributed by atoms with Crippen LogP contribution in [-0.4, -0.2) is 21.0 Å². The van der Waals surface area contributed by atoms with Crippen LogP contribution < -0.4 is 10.5 Å². The minimum Gasteiger partial charge on any atom is -0.329 e. The standard InChI is InChI=1S/C14H21FN2O2S/c1-10-8-12(6-7-13(10)15)20(18,19)17-14(9-16)11-4-2-3-5-11/h6-8,11,14,17H,2-5,9,16H2,1H3. The summed E-state index contributed by atoms with van der Waals surface area (Å²) in [6.07, 6.45) is 4.26. The van der Waals surface area contributed by atoms with Crippen LogP contribution in [0.3, 0.4) is 0 Å². The van der Waals surface area contributed by atoms with Crippen molar-refractivity contribution in [1.29, 1.82) is 0 Å². The molecule has 1 fully saturated rings. The van der Waals surface area contributed by atoms with Crippen molar-refractivity contribution in [2.45, 2.75) is 43.5 Å². The number of halogens is 1. The zero-order valence-corrected chi connectivity index (χ0v) is 12.4. The number of nitrogens with one attached hydrogen (secondary N) is 1.